The van der Waals surface area contributed by atoms with Gasteiger partial charge in [0.25, 0.3) is 10.0 Å². The SMILES string of the molecule is CC(C)CN(c1cc(Cl)ccc1F)S(=O)(=O)c1ccc(OCc2ccncc2)cc1. The van der Waals surface area contributed by atoms with Crippen LogP contribution < -0.4 is 9.04 Å². The molecule has 8 heteroatoms. The number of anilines is 1. The van der Waals surface area contributed by atoms with Crippen LogP contribution in [0.2, 0.25) is 5.02 Å². The van der Waals surface area contributed by atoms with Crippen LogP contribution in [0.5, 0.6) is 5.75 Å². The van der Waals surface area contributed by atoms with E-state index >= 15 is 0 Å². The maximum absolute atomic E-state index is 14.5. The van der Waals surface area contributed by atoms with Crippen molar-refractivity contribution in [1.82, 2.24) is 4.98 Å². The van der Waals surface area contributed by atoms with Gasteiger partial charge in [-0.3, -0.25) is 9.29 Å². The third-order valence-corrected chi connectivity index (χ3v) is 6.30. The van der Waals surface area contributed by atoms with E-state index < -0.39 is 15.8 Å². The Morgan fingerprint density at radius 1 is 1.07 bits per heavy atom. The topological polar surface area (TPSA) is 59.5 Å². The average molecular weight is 449 g/mol. The van der Waals surface area contributed by atoms with Gasteiger partial charge in [-0.25, -0.2) is 12.8 Å². The van der Waals surface area contributed by atoms with Crippen LogP contribution in [0.25, 0.3) is 0 Å². The van der Waals surface area contributed by atoms with Gasteiger partial charge >= 0.3 is 0 Å². The summed E-state index contributed by atoms with van der Waals surface area (Å²) in [6.45, 7) is 4.17. The quantitative estimate of drug-likeness (QED) is 0.469. The lowest BCUT2D eigenvalue weighted by molar-refractivity contribution is 0.306. The predicted octanol–water partition coefficient (Wildman–Crippen LogP) is 5.30. The number of hydrogen-bond acceptors (Lipinski definition) is 4. The summed E-state index contributed by atoms with van der Waals surface area (Å²) in [5.74, 6) is -0.155. The van der Waals surface area contributed by atoms with Crippen molar-refractivity contribution in [1.29, 1.82) is 0 Å². The second-order valence-corrected chi connectivity index (χ2v) is 9.44. The Morgan fingerprint density at radius 2 is 1.73 bits per heavy atom. The Labute approximate surface area is 181 Å². The molecular weight excluding hydrogens is 427 g/mol. The summed E-state index contributed by atoms with van der Waals surface area (Å²) >= 11 is 5.99. The highest BCUT2D eigenvalue weighted by molar-refractivity contribution is 7.92. The van der Waals surface area contributed by atoms with Crippen molar-refractivity contribution in [3.8, 4) is 5.75 Å². The maximum atomic E-state index is 14.5. The van der Waals surface area contributed by atoms with Crippen molar-refractivity contribution < 1.29 is 17.5 Å². The van der Waals surface area contributed by atoms with Crippen molar-refractivity contribution in [2.24, 2.45) is 5.92 Å². The smallest absolute Gasteiger partial charge is 0.264 e. The fourth-order valence-corrected chi connectivity index (χ4v) is 4.61. The summed E-state index contributed by atoms with van der Waals surface area (Å²) in [7, 11) is -4.00. The zero-order chi connectivity index (χ0) is 21.7. The van der Waals surface area contributed by atoms with Gasteiger partial charge in [-0.2, -0.15) is 0 Å². The van der Waals surface area contributed by atoms with Gasteiger partial charge in [-0.15, -0.1) is 0 Å². The number of aromatic nitrogens is 1. The van der Waals surface area contributed by atoms with Gasteiger partial charge in [0, 0.05) is 24.0 Å². The standard InChI is InChI=1S/C22H22ClFN2O3S/c1-16(2)14-26(22-13-18(23)3-8-21(22)24)30(27,28)20-6-4-19(5-7-20)29-15-17-9-11-25-12-10-17/h3-13,16H,14-15H2,1-2H3. The molecule has 0 saturated carbocycles. The highest BCUT2D eigenvalue weighted by atomic mass is 35.5. The molecule has 1 aromatic heterocycles. The molecule has 0 aliphatic heterocycles. The van der Waals surface area contributed by atoms with Crippen LogP contribution in [0.1, 0.15) is 19.4 Å². The lowest BCUT2D eigenvalue weighted by atomic mass is 10.2. The van der Waals surface area contributed by atoms with Crippen molar-refractivity contribution >= 4 is 27.3 Å². The molecule has 0 N–H and O–H groups in total. The van der Waals surface area contributed by atoms with E-state index in [-0.39, 0.29) is 28.1 Å². The summed E-state index contributed by atoms with van der Waals surface area (Å²) in [6, 6.07) is 13.6. The molecule has 0 aliphatic rings. The van der Waals surface area contributed by atoms with Crippen molar-refractivity contribution in [2.45, 2.75) is 25.3 Å². The Morgan fingerprint density at radius 3 is 2.37 bits per heavy atom. The van der Waals surface area contributed by atoms with Crippen LogP contribution in [0.4, 0.5) is 10.1 Å². The van der Waals surface area contributed by atoms with Crippen molar-refractivity contribution in [2.75, 3.05) is 10.8 Å². The molecular formula is C22H22ClFN2O3S. The number of sulfonamides is 1. The first-order valence-corrected chi connectivity index (χ1v) is 11.2. The van der Waals surface area contributed by atoms with Crippen LogP contribution in [0, 0.1) is 11.7 Å². The molecule has 0 atom stereocenters. The van der Waals surface area contributed by atoms with Gasteiger partial charge in [0.2, 0.25) is 0 Å². The Kier molecular flexibility index (Phi) is 6.95. The predicted molar refractivity (Wildman–Crippen MR) is 116 cm³/mol. The zero-order valence-electron chi connectivity index (χ0n) is 16.6. The molecule has 30 heavy (non-hydrogen) atoms. The molecule has 0 radical (unpaired) electrons. The second-order valence-electron chi connectivity index (χ2n) is 7.14. The fraction of sp³-hybridized carbons (Fsp3) is 0.227. The van der Waals surface area contributed by atoms with Gasteiger partial charge in [-0.1, -0.05) is 25.4 Å². The average Bonchev–Trinajstić information content (AvgIpc) is 2.73. The van der Waals surface area contributed by atoms with Gasteiger partial charge in [0.1, 0.15) is 18.2 Å². The van der Waals surface area contributed by atoms with Crippen LogP contribution >= 0.6 is 11.6 Å². The van der Waals surface area contributed by atoms with Crippen LogP contribution in [0.3, 0.4) is 0 Å². The summed E-state index contributed by atoms with van der Waals surface area (Å²) in [6.07, 6.45) is 3.35. The highest BCUT2D eigenvalue weighted by Gasteiger charge is 2.28. The number of benzene rings is 2. The molecule has 5 nitrogen and oxygen atoms in total. The minimum atomic E-state index is -4.00. The normalized spacial score (nSPS) is 11.5. The van der Waals surface area contributed by atoms with Crippen LogP contribution in [-0.2, 0) is 16.6 Å². The molecule has 1 heterocycles. The third kappa shape index (κ3) is 5.29. The van der Waals surface area contributed by atoms with Crippen LogP contribution in [0.15, 0.2) is 71.9 Å². The van der Waals surface area contributed by atoms with E-state index in [1.165, 1.54) is 24.3 Å². The molecule has 158 valence electrons. The van der Waals surface area contributed by atoms with E-state index in [1.807, 2.05) is 26.0 Å². The minimum Gasteiger partial charge on any atom is -0.489 e. The van der Waals surface area contributed by atoms with Gasteiger partial charge in [-0.05, 0) is 66.1 Å². The first kappa shape index (κ1) is 22.1. The van der Waals surface area contributed by atoms with E-state index in [9.17, 15) is 12.8 Å². The first-order chi connectivity index (χ1) is 14.3. The van der Waals surface area contributed by atoms with E-state index in [4.69, 9.17) is 16.3 Å². The summed E-state index contributed by atoms with van der Waals surface area (Å²) in [4.78, 5) is 3.99. The maximum Gasteiger partial charge on any atom is 0.264 e. The molecule has 0 saturated heterocycles. The molecule has 2 aromatic carbocycles. The molecule has 3 rings (SSSR count). The Balaban J connectivity index is 1.86. The number of ether oxygens (including phenoxy) is 1. The molecule has 0 fully saturated rings. The summed E-state index contributed by atoms with van der Waals surface area (Å²) in [5, 5.41) is 0.259. The number of rotatable bonds is 8. The lowest BCUT2D eigenvalue weighted by Gasteiger charge is -2.26. The van der Waals surface area contributed by atoms with Crippen molar-refractivity contribution in [3.05, 3.63) is 83.4 Å². The van der Waals surface area contributed by atoms with Gasteiger partial charge in [0.15, 0.2) is 0 Å². The van der Waals surface area contributed by atoms with Crippen LogP contribution in [-0.4, -0.2) is 19.9 Å². The Hall–Kier alpha value is -2.64. The number of nitrogens with zero attached hydrogens (tertiary/aromatic N) is 2. The largest absolute Gasteiger partial charge is 0.489 e. The summed E-state index contributed by atoms with van der Waals surface area (Å²) < 4.78 is 47.8. The lowest BCUT2D eigenvalue weighted by Crippen LogP contribution is -2.35. The van der Waals surface area contributed by atoms with E-state index in [0.29, 0.717) is 12.4 Å². The monoisotopic (exact) mass is 448 g/mol. The second kappa shape index (κ2) is 9.45. The molecule has 0 spiro atoms. The minimum absolute atomic E-state index is 0.0267. The molecule has 0 amide bonds. The molecule has 3 aromatic rings. The van der Waals surface area contributed by atoms with Gasteiger partial charge in [0.05, 0.1) is 10.6 Å². The molecule has 0 aliphatic carbocycles. The van der Waals surface area contributed by atoms with Gasteiger partial charge < -0.3 is 4.74 Å². The summed E-state index contributed by atoms with van der Waals surface area (Å²) in [5.41, 5.74) is 0.871. The number of hydrogen-bond donors (Lipinski definition) is 0. The number of halogens is 2. The first-order valence-electron chi connectivity index (χ1n) is 9.37. The zero-order valence-corrected chi connectivity index (χ0v) is 18.2. The van der Waals surface area contributed by atoms with E-state index in [2.05, 4.69) is 4.98 Å². The molecule has 0 unspecified atom stereocenters. The third-order valence-electron chi connectivity index (χ3n) is 4.27. The fourth-order valence-electron chi connectivity index (χ4n) is 2.82. The Bertz CT molecular complexity index is 1090. The highest BCUT2D eigenvalue weighted by Crippen LogP contribution is 2.30. The van der Waals surface area contributed by atoms with Crippen molar-refractivity contribution in [3.63, 3.8) is 0 Å². The van der Waals surface area contributed by atoms with E-state index in [0.717, 1.165) is 15.9 Å². The van der Waals surface area contributed by atoms with E-state index in [1.54, 1.807) is 24.5 Å². The molecule has 0 bridgehead atoms. The number of pyridine rings is 1.